The van der Waals surface area contributed by atoms with Crippen LogP contribution in [0.5, 0.6) is 0 Å². The van der Waals surface area contributed by atoms with Crippen LogP contribution in [-0.2, 0) is 33.4 Å². The number of nitrogens with two attached hydrogens (primary N) is 2. The molecular formula is C28H53N5O8S. The molecule has 42 heavy (non-hydrogen) atoms. The number of primary amides is 1. The molecule has 0 heterocycles. The van der Waals surface area contributed by atoms with E-state index in [0.29, 0.717) is 31.7 Å². The Labute approximate surface area is 254 Å². The van der Waals surface area contributed by atoms with Crippen molar-refractivity contribution in [1.82, 2.24) is 16.0 Å². The lowest BCUT2D eigenvalue weighted by Crippen LogP contribution is -2.49. The lowest BCUT2D eigenvalue weighted by Gasteiger charge is -2.20. The summed E-state index contributed by atoms with van der Waals surface area (Å²) in [7, 11) is 0. The molecule has 244 valence electrons. The van der Waals surface area contributed by atoms with Crippen molar-refractivity contribution >= 4 is 41.4 Å². The van der Waals surface area contributed by atoms with Gasteiger partial charge < -0.3 is 42.0 Å². The van der Waals surface area contributed by atoms with Crippen LogP contribution in [0.15, 0.2) is 0 Å². The number of amides is 4. The summed E-state index contributed by atoms with van der Waals surface area (Å²) in [6.07, 6.45) is 9.29. The number of aliphatic carboxylic acids is 1. The molecule has 0 aliphatic carbocycles. The summed E-state index contributed by atoms with van der Waals surface area (Å²) in [6.45, 7) is 3.70. The maximum absolute atomic E-state index is 12.6. The first-order chi connectivity index (χ1) is 20.2. The van der Waals surface area contributed by atoms with Gasteiger partial charge in [0, 0.05) is 31.2 Å². The Balaban J connectivity index is 3.82. The highest BCUT2D eigenvalue weighted by Gasteiger charge is 2.23. The smallest absolute Gasteiger partial charge is 0.303 e. The Bertz CT molecular complexity index is 775. The van der Waals surface area contributed by atoms with Crippen molar-refractivity contribution in [1.29, 1.82) is 0 Å². The minimum absolute atomic E-state index is 0.0432. The van der Waals surface area contributed by atoms with Crippen molar-refractivity contribution in [2.24, 2.45) is 17.4 Å². The summed E-state index contributed by atoms with van der Waals surface area (Å²) in [5, 5.41) is 16.9. The van der Waals surface area contributed by atoms with E-state index in [1.165, 1.54) is 11.8 Å². The Morgan fingerprint density at radius 1 is 0.810 bits per heavy atom. The van der Waals surface area contributed by atoms with E-state index in [1.54, 1.807) is 6.92 Å². The van der Waals surface area contributed by atoms with Gasteiger partial charge >= 0.3 is 5.97 Å². The van der Waals surface area contributed by atoms with Crippen molar-refractivity contribution < 1.29 is 38.6 Å². The minimum Gasteiger partial charge on any atom is -0.481 e. The van der Waals surface area contributed by atoms with E-state index in [-0.39, 0.29) is 62.9 Å². The normalized spacial score (nSPS) is 12.3. The Morgan fingerprint density at radius 3 is 2.10 bits per heavy atom. The quantitative estimate of drug-likeness (QED) is 0.0652. The molecule has 0 bridgehead atoms. The molecule has 2 atom stereocenters. The van der Waals surface area contributed by atoms with Gasteiger partial charge in [0.1, 0.15) is 12.6 Å². The van der Waals surface area contributed by atoms with Crippen LogP contribution in [0.25, 0.3) is 0 Å². The minimum atomic E-state index is -0.732. The average molecular weight is 620 g/mol. The number of unbranched alkanes of at least 4 members (excludes halogenated alkanes) is 7. The molecule has 0 unspecified atom stereocenters. The summed E-state index contributed by atoms with van der Waals surface area (Å²) < 4.78 is 10.8. The van der Waals surface area contributed by atoms with E-state index in [4.69, 9.17) is 26.0 Å². The number of ether oxygens (including phenoxy) is 2. The van der Waals surface area contributed by atoms with Crippen LogP contribution in [0.4, 0.5) is 0 Å². The van der Waals surface area contributed by atoms with E-state index < -0.39 is 23.8 Å². The van der Waals surface area contributed by atoms with Crippen molar-refractivity contribution in [3.8, 4) is 0 Å². The molecule has 0 aliphatic rings. The van der Waals surface area contributed by atoms with Gasteiger partial charge in [0.2, 0.25) is 23.6 Å². The highest BCUT2D eigenvalue weighted by molar-refractivity contribution is 7.99. The number of carboxylic acid groups (broad SMARTS) is 1. The highest BCUT2D eigenvalue weighted by Crippen LogP contribution is 2.10. The van der Waals surface area contributed by atoms with Crippen molar-refractivity contribution in [3.63, 3.8) is 0 Å². The van der Waals surface area contributed by atoms with Gasteiger partial charge in [0.25, 0.3) is 0 Å². The van der Waals surface area contributed by atoms with Gasteiger partial charge in [-0.2, -0.15) is 11.8 Å². The monoisotopic (exact) mass is 619 g/mol. The molecule has 4 amide bonds. The molecule has 14 heteroatoms. The number of carbonyl (C=O) groups excluding carboxylic acids is 4. The molecule has 0 aromatic rings. The van der Waals surface area contributed by atoms with E-state index >= 15 is 0 Å². The second-order valence-electron chi connectivity index (χ2n) is 10.2. The number of rotatable bonds is 29. The van der Waals surface area contributed by atoms with Gasteiger partial charge in [0.05, 0.1) is 25.6 Å². The lowest BCUT2D eigenvalue weighted by molar-refractivity contribution is -0.137. The zero-order valence-electron chi connectivity index (χ0n) is 25.2. The third-order valence-corrected chi connectivity index (χ3v) is 7.40. The number of nitrogens with one attached hydrogen (secondary N) is 3. The molecule has 0 saturated heterocycles. The maximum atomic E-state index is 12.6. The SMILES string of the molecule is C[C@@H](CSCC(N)=O)C(=O)N[C@@H](CCCN)C(=O)NCCOCCOCC(=O)NCCCCCCCCCCC(=O)O. The first kappa shape index (κ1) is 39.6. The number of thioether (sulfide) groups is 1. The zero-order valence-corrected chi connectivity index (χ0v) is 26.0. The van der Waals surface area contributed by atoms with Gasteiger partial charge in [-0.3, -0.25) is 24.0 Å². The van der Waals surface area contributed by atoms with Gasteiger partial charge in [0.15, 0.2) is 0 Å². The van der Waals surface area contributed by atoms with Gasteiger partial charge in [-0.1, -0.05) is 45.4 Å². The fraction of sp³-hybridized carbons (Fsp3) is 0.821. The standard InChI is InChI=1S/C28H53N5O8S/c1-22(20-42-21-24(30)34)27(38)33-23(11-10-13-29)28(39)32-15-16-40-17-18-41-19-25(35)31-14-9-7-5-3-2-4-6-8-12-26(36)37/h22-23H,2-21,29H2,1H3,(H2,30,34)(H,31,35)(H,32,39)(H,33,38)(H,36,37)/t22-,23-/m0/s1. The average Bonchev–Trinajstić information content (AvgIpc) is 2.94. The second-order valence-corrected chi connectivity index (χ2v) is 11.2. The van der Waals surface area contributed by atoms with Gasteiger partial charge in [-0.25, -0.2) is 0 Å². The summed E-state index contributed by atoms with van der Waals surface area (Å²) in [5.41, 5.74) is 10.7. The van der Waals surface area contributed by atoms with Crippen LogP contribution in [0, 0.1) is 5.92 Å². The van der Waals surface area contributed by atoms with Crippen LogP contribution in [0.2, 0.25) is 0 Å². The summed E-state index contributed by atoms with van der Waals surface area (Å²) in [4.78, 5) is 58.2. The zero-order chi connectivity index (χ0) is 31.4. The van der Waals surface area contributed by atoms with E-state index in [1.807, 2.05) is 0 Å². The predicted molar refractivity (Wildman–Crippen MR) is 163 cm³/mol. The Kier molecular flexibility index (Phi) is 25.8. The van der Waals surface area contributed by atoms with Gasteiger partial charge in [-0.15, -0.1) is 0 Å². The summed E-state index contributed by atoms with van der Waals surface area (Å²) in [5.74, 6) is -1.79. The van der Waals surface area contributed by atoms with Gasteiger partial charge in [-0.05, 0) is 32.2 Å². The Hall–Kier alpha value is -2.42. The summed E-state index contributed by atoms with van der Waals surface area (Å²) in [6, 6.07) is -0.714. The van der Waals surface area contributed by atoms with E-state index in [2.05, 4.69) is 16.0 Å². The maximum Gasteiger partial charge on any atom is 0.303 e. The van der Waals surface area contributed by atoms with Crippen molar-refractivity contribution in [3.05, 3.63) is 0 Å². The lowest BCUT2D eigenvalue weighted by atomic mass is 10.1. The molecule has 0 aromatic carbocycles. The predicted octanol–water partition coefficient (Wildman–Crippen LogP) is 0.926. The van der Waals surface area contributed by atoms with Crippen LogP contribution in [0.1, 0.15) is 77.6 Å². The topological polar surface area (TPSA) is 212 Å². The van der Waals surface area contributed by atoms with Crippen molar-refractivity contribution in [2.75, 3.05) is 57.6 Å². The second kappa shape index (κ2) is 27.4. The van der Waals surface area contributed by atoms with Crippen molar-refractivity contribution in [2.45, 2.75) is 83.6 Å². The molecule has 0 rings (SSSR count). The number of hydrogen-bond acceptors (Lipinski definition) is 9. The van der Waals surface area contributed by atoms with Crippen LogP contribution in [-0.4, -0.2) is 98.3 Å². The first-order valence-corrected chi connectivity index (χ1v) is 16.1. The number of carboxylic acids is 1. The number of hydrogen-bond donors (Lipinski definition) is 6. The summed E-state index contributed by atoms with van der Waals surface area (Å²) >= 11 is 1.27. The third-order valence-electron chi connectivity index (χ3n) is 6.18. The van der Waals surface area contributed by atoms with Crippen LogP contribution in [0.3, 0.4) is 0 Å². The molecule has 0 spiro atoms. The molecule has 0 aliphatic heterocycles. The third kappa shape index (κ3) is 25.3. The first-order valence-electron chi connectivity index (χ1n) is 15.0. The fourth-order valence-electron chi connectivity index (χ4n) is 3.81. The Morgan fingerprint density at radius 2 is 1.45 bits per heavy atom. The van der Waals surface area contributed by atoms with Crippen LogP contribution < -0.4 is 27.4 Å². The number of carbonyl (C=O) groups is 5. The molecular weight excluding hydrogens is 566 g/mol. The molecule has 13 nitrogen and oxygen atoms in total. The molecule has 0 saturated carbocycles. The molecule has 0 radical (unpaired) electrons. The van der Waals surface area contributed by atoms with E-state index in [0.717, 1.165) is 51.4 Å². The molecule has 0 aromatic heterocycles. The highest BCUT2D eigenvalue weighted by atomic mass is 32.2. The van der Waals surface area contributed by atoms with Crippen LogP contribution >= 0.6 is 11.8 Å². The van der Waals surface area contributed by atoms with E-state index in [9.17, 15) is 24.0 Å². The fourth-order valence-corrected chi connectivity index (χ4v) is 4.64. The molecule has 8 N–H and O–H groups in total. The largest absolute Gasteiger partial charge is 0.481 e. The molecule has 0 fully saturated rings.